The Morgan fingerprint density at radius 1 is 0.864 bits per heavy atom. The van der Waals surface area contributed by atoms with E-state index >= 15 is 0 Å². The van der Waals surface area contributed by atoms with E-state index in [0.29, 0.717) is 16.5 Å². The first kappa shape index (κ1) is 14.4. The molecule has 3 aromatic rings. The third-order valence-corrected chi connectivity index (χ3v) is 3.41. The van der Waals surface area contributed by atoms with Crippen LogP contribution in [-0.2, 0) is 0 Å². The summed E-state index contributed by atoms with van der Waals surface area (Å²) < 4.78 is 5.78. The summed E-state index contributed by atoms with van der Waals surface area (Å²) in [6, 6.07) is 20.0. The van der Waals surface area contributed by atoms with Gasteiger partial charge in [-0.05, 0) is 23.8 Å². The lowest BCUT2D eigenvalue weighted by molar-refractivity contribution is 0.554. The van der Waals surface area contributed by atoms with Crippen LogP contribution in [0.3, 0.4) is 0 Å². The van der Waals surface area contributed by atoms with Crippen LogP contribution in [0.5, 0.6) is 0 Å². The van der Waals surface area contributed by atoms with Gasteiger partial charge in [-0.3, -0.25) is 4.79 Å². The minimum Gasteiger partial charge on any atom is -0.456 e. The van der Waals surface area contributed by atoms with Crippen molar-refractivity contribution in [2.24, 2.45) is 0 Å². The van der Waals surface area contributed by atoms with E-state index in [-0.39, 0.29) is 5.43 Å². The normalized spacial score (nSPS) is 11.0. The molecule has 0 aliphatic heterocycles. The van der Waals surface area contributed by atoms with Gasteiger partial charge in [-0.25, -0.2) is 0 Å². The molecule has 1 aromatic heterocycles. The highest BCUT2D eigenvalue weighted by molar-refractivity contribution is 6.30. The smallest absolute Gasteiger partial charge is 0.186 e. The van der Waals surface area contributed by atoms with Crippen LogP contribution in [0.1, 0.15) is 11.3 Å². The van der Waals surface area contributed by atoms with E-state index < -0.39 is 0 Å². The summed E-state index contributed by atoms with van der Waals surface area (Å²) in [7, 11) is 0. The van der Waals surface area contributed by atoms with Crippen molar-refractivity contribution in [3.05, 3.63) is 93.3 Å². The summed E-state index contributed by atoms with van der Waals surface area (Å²) in [4.78, 5) is 11.8. The van der Waals surface area contributed by atoms with Crippen molar-refractivity contribution < 1.29 is 4.42 Å². The average Bonchev–Trinajstić information content (AvgIpc) is 2.55. The molecule has 0 saturated carbocycles. The molecular formula is C19H13ClO2. The maximum atomic E-state index is 11.8. The summed E-state index contributed by atoms with van der Waals surface area (Å²) in [6.45, 7) is 0. The van der Waals surface area contributed by atoms with Crippen molar-refractivity contribution in [3.63, 3.8) is 0 Å². The molecule has 0 spiro atoms. The van der Waals surface area contributed by atoms with E-state index in [4.69, 9.17) is 16.0 Å². The van der Waals surface area contributed by atoms with E-state index in [1.54, 1.807) is 6.08 Å². The van der Waals surface area contributed by atoms with Gasteiger partial charge in [0.2, 0.25) is 0 Å². The van der Waals surface area contributed by atoms with E-state index in [9.17, 15) is 4.79 Å². The number of benzene rings is 2. The van der Waals surface area contributed by atoms with Gasteiger partial charge in [-0.15, -0.1) is 0 Å². The first-order valence-electron chi connectivity index (χ1n) is 6.85. The number of hydrogen-bond acceptors (Lipinski definition) is 2. The van der Waals surface area contributed by atoms with Crippen molar-refractivity contribution in [2.75, 3.05) is 0 Å². The molecule has 0 atom stereocenters. The van der Waals surface area contributed by atoms with Crippen LogP contribution in [0.4, 0.5) is 0 Å². The second kappa shape index (κ2) is 6.46. The zero-order valence-electron chi connectivity index (χ0n) is 11.7. The molecular weight excluding hydrogens is 296 g/mol. The molecule has 3 rings (SSSR count). The highest BCUT2D eigenvalue weighted by Crippen LogP contribution is 2.19. The van der Waals surface area contributed by atoms with Crippen LogP contribution in [0.25, 0.3) is 23.5 Å². The Hall–Kier alpha value is -2.58. The Bertz CT molecular complexity index is 847. The zero-order chi connectivity index (χ0) is 15.4. The quantitative estimate of drug-likeness (QED) is 0.671. The Morgan fingerprint density at radius 3 is 2.32 bits per heavy atom. The molecule has 1 heterocycles. The number of hydrogen-bond donors (Lipinski definition) is 0. The van der Waals surface area contributed by atoms with Crippen molar-refractivity contribution in [1.82, 2.24) is 0 Å². The lowest BCUT2D eigenvalue weighted by atomic mass is 10.1. The molecule has 0 radical (unpaired) electrons. The molecule has 0 aliphatic carbocycles. The van der Waals surface area contributed by atoms with Crippen LogP contribution in [0.15, 0.2) is 75.9 Å². The van der Waals surface area contributed by atoms with E-state index in [0.717, 1.165) is 11.1 Å². The molecule has 0 aliphatic rings. The molecule has 2 aromatic carbocycles. The van der Waals surface area contributed by atoms with Crippen molar-refractivity contribution in [1.29, 1.82) is 0 Å². The number of halogens is 1. The zero-order valence-corrected chi connectivity index (χ0v) is 12.5. The minimum absolute atomic E-state index is 0.0825. The van der Waals surface area contributed by atoms with Crippen molar-refractivity contribution in [3.8, 4) is 11.3 Å². The van der Waals surface area contributed by atoms with Crippen LogP contribution >= 0.6 is 11.6 Å². The topological polar surface area (TPSA) is 30.2 Å². The van der Waals surface area contributed by atoms with Crippen molar-refractivity contribution in [2.45, 2.75) is 0 Å². The highest BCUT2D eigenvalue weighted by Gasteiger charge is 2.02. The Kier molecular flexibility index (Phi) is 4.22. The van der Waals surface area contributed by atoms with Crippen LogP contribution in [0, 0.1) is 0 Å². The molecule has 3 heteroatoms. The summed E-state index contributed by atoms with van der Waals surface area (Å²) >= 11 is 5.85. The average molecular weight is 309 g/mol. The van der Waals surface area contributed by atoms with Gasteiger partial charge in [-0.1, -0.05) is 60.1 Å². The second-order valence-electron chi connectivity index (χ2n) is 4.81. The van der Waals surface area contributed by atoms with Gasteiger partial charge in [0, 0.05) is 22.7 Å². The summed E-state index contributed by atoms with van der Waals surface area (Å²) in [5.74, 6) is 1.07. The van der Waals surface area contributed by atoms with Gasteiger partial charge in [0.25, 0.3) is 0 Å². The molecule has 0 bridgehead atoms. The van der Waals surface area contributed by atoms with E-state index in [1.807, 2.05) is 60.7 Å². The molecule has 0 fully saturated rings. The third-order valence-electron chi connectivity index (χ3n) is 3.15. The predicted molar refractivity (Wildman–Crippen MR) is 90.8 cm³/mol. The van der Waals surface area contributed by atoms with Gasteiger partial charge in [0.1, 0.15) is 11.5 Å². The SMILES string of the molecule is O=c1cc(C=Cc2ccc(Cl)cc2)oc(-c2ccccc2)c1. The fourth-order valence-electron chi connectivity index (χ4n) is 2.08. The van der Waals surface area contributed by atoms with Gasteiger partial charge in [-0.2, -0.15) is 0 Å². The second-order valence-corrected chi connectivity index (χ2v) is 5.25. The molecule has 0 N–H and O–H groups in total. The maximum absolute atomic E-state index is 11.8. The van der Waals surface area contributed by atoms with Crippen LogP contribution in [-0.4, -0.2) is 0 Å². The fraction of sp³-hybridized carbons (Fsp3) is 0. The summed E-state index contributed by atoms with van der Waals surface area (Å²) in [5, 5.41) is 0.690. The predicted octanol–water partition coefficient (Wildman–Crippen LogP) is 5.13. The van der Waals surface area contributed by atoms with Crippen LogP contribution in [0.2, 0.25) is 5.02 Å². The molecule has 0 saturated heterocycles. The molecule has 0 unspecified atom stereocenters. The Labute approximate surface area is 133 Å². The maximum Gasteiger partial charge on any atom is 0.186 e. The lowest BCUT2D eigenvalue weighted by Crippen LogP contribution is -1.98. The standard InChI is InChI=1S/C19H13ClO2/c20-16-9-6-14(7-10-16)8-11-18-12-17(21)13-19(22-18)15-4-2-1-3-5-15/h1-13H. The largest absolute Gasteiger partial charge is 0.456 e. The monoisotopic (exact) mass is 308 g/mol. The highest BCUT2D eigenvalue weighted by atomic mass is 35.5. The van der Waals surface area contributed by atoms with E-state index in [2.05, 4.69) is 0 Å². The number of rotatable bonds is 3. The molecule has 0 amide bonds. The molecule has 22 heavy (non-hydrogen) atoms. The van der Waals surface area contributed by atoms with Gasteiger partial charge in [0.15, 0.2) is 5.43 Å². The Balaban J connectivity index is 1.93. The first-order chi connectivity index (χ1) is 10.7. The molecule has 108 valence electrons. The van der Waals surface area contributed by atoms with E-state index in [1.165, 1.54) is 12.1 Å². The lowest BCUT2D eigenvalue weighted by Gasteiger charge is -2.01. The van der Waals surface area contributed by atoms with Gasteiger partial charge >= 0.3 is 0 Å². The van der Waals surface area contributed by atoms with Crippen LogP contribution < -0.4 is 5.43 Å². The van der Waals surface area contributed by atoms with Gasteiger partial charge < -0.3 is 4.42 Å². The third kappa shape index (κ3) is 3.54. The molecule has 2 nitrogen and oxygen atoms in total. The minimum atomic E-state index is -0.0825. The summed E-state index contributed by atoms with van der Waals surface area (Å²) in [6.07, 6.45) is 3.65. The van der Waals surface area contributed by atoms with Gasteiger partial charge in [0.05, 0.1) is 0 Å². The van der Waals surface area contributed by atoms with Crippen molar-refractivity contribution >= 4 is 23.8 Å². The fourth-order valence-corrected chi connectivity index (χ4v) is 2.20. The Morgan fingerprint density at radius 2 is 1.59 bits per heavy atom. The summed E-state index contributed by atoms with van der Waals surface area (Å²) in [5.41, 5.74) is 1.78. The first-order valence-corrected chi connectivity index (χ1v) is 7.23.